The molecule has 1 atom stereocenters. The highest BCUT2D eigenvalue weighted by atomic mass is 79.9. The lowest BCUT2D eigenvalue weighted by Gasteiger charge is -2.29. The Labute approximate surface area is 112 Å². The fourth-order valence-electron chi connectivity index (χ4n) is 2.32. The van der Waals surface area contributed by atoms with Crippen LogP contribution in [0.3, 0.4) is 0 Å². The lowest BCUT2D eigenvalue weighted by molar-refractivity contribution is 0.209. The van der Waals surface area contributed by atoms with Gasteiger partial charge in [-0.25, -0.2) is 0 Å². The van der Waals surface area contributed by atoms with Crippen LogP contribution in [0.5, 0.6) is 0 Å². The topological polar surface area (TPSA) is 28.4 Å². The molecule has 1 fully saturated rings. The van der Waals surface area contributed by atoms with Crippen LogP contribution in [-0.2, 0) is 6.54 Å². The summed E-state index contributed by atoms with van der Waals surface area (Å²) in [7, 11) is 0. The Bertz CT molecular complexity index is 334. The molecule has 1 aromatic heterocycles. The first-order valence-corrected chi connectivity index (χ1v) is 7.22. The Balaban J connectivity index is 1.70. The fourth-order valence-corrected chi connectivity index (χ4v) is 2.70. The average Bonchev–Trinajstić information content (AvgIpc) is 2.74. The number of piperidine rings is 1. The highest BCUT2D eigenvalue weighted by molar-refractivity contribution is 9.10. The fraction of sp³-hybridized carbons (Fsp3) is 0.692. The first-order valence-electron chi connectivity index (χ1n) is 6.43. The van der Waals surface area contributed by atoms with Gasteiger partial charge in [0.2, 0.25) is 0 Å². The summed E-state index contributed by atoms with van der Waals surface area (Å²) in [5, 5.41) is 3.54. The predicted molar refractivity (Wildman–Crippen MR) is 73.0 cm³/mol. The first-order chi connectivity index (χ1) is 8.25. The summed E-state index contributed by atoms with van der Waals surface area (Å²) in [6.07, 6.45) is 5.84. The van der Waals surface area contributed by atoms with Crippen molar-refractivity contribution in [3.05, 3.63) is 22.6 Å². The van der Waals surface area contributed by atoms with Crippen molar-refractivity contribution in [3.8, 4) is 0 Å². The largest absolute Gasteiger partial charge is 0.457 e. The van der Waals surface area contributed by atoms with Gasteiger partial charge in [-0.2, -0.15) is 0 Å². The van der Waals surface area contributed by atoms with E-state index in [9.17, 15) is 0 Å². The molecule has 0 spiro atoms. The first kappa shape index (κ1) is 13.1. The minimum Gasteiger partial charge on any atom is -0.457 e. The van der Waals surface area contributed by atoms with Crippen molar-refractivity contribution in [1.82, 2.24) is 10.2 Å². The second kappa shape index (κ2) is 6.57. The highest BCUT2D eigenvalue weighted by Crippen LogP contribution is 2.17. The second-order valence-corrected chi connectivity index (χ2v) is 5.58. The van der Waals surface area contributed by atoms with Crippen LogP contribution in [0.4, 0.5) is 0 Å². The van der Waals surface area contributed by atoms with Crippen LogP contribution in [0.1, 0.15) is 31.7 Å². The summed E-state index contributed by atoms with van der Waals surface area (Å²) >= 11 is 3.40. The van der Waals surface area contributed by atoms with Crippen LogP contribution in [-0.4, -0.2) is 30.6 Å². The Kier molecular flexibility index (Phi) is 5.07. The lowest BCUT2D eigenvalue weighted by Crippen LogP contribution is -2.41. The van der Waals surface area contributed by atoms with Crippen LogP contribution in [0.2, 0.25) is 0 Å². The normalized spacial score (nSPS) is 19.4. The molecule has 2 heterocycles. The summed E-state index contributed by atoms with van der Waals surface area (Å²) in [4.78, 5) is 2.56. The zero-order valence-electron chi connectivity index (χ0n) is 10.4. The van der Waals surface area contributed by atoms with E-state index < -0.39 is 0 Å². The second-order valence-electron chi connectivity index (χ2n) is 4.86. The van der Waals surface area contributed by atoms with Gasteiger partial charge >= 0.3 is 0 Å². The molecule has 17 heavy (non-hydrogen) atoms. The Hall–Kier alpha value is -0.320. The summed E-state index contributed by atoms with van der Waals surface area (Å²) in [5.41, 5.74) is 1.19. The van der Waals surface area contributed by atoms with E-state index in [2.05, 4.69) is 33.1 Å². The minimum absolute atomic E-state index is 0.523. The van der Waals surface area contributed by atoms with Crippen molar-refractivity contribution < 1.29 is 4.42 Å². The lowest BCUT2D eigenvalue weighted by atomic mass is 10.1. The molecule has 1 unspecified atom stereocenters. The zero-order valence-corrected chi connectivity index (χ0v) is 12.0. The molecule has 1 aliphatic rings. The molecule has 0 amide bonds. The third-order valence-electron chi connectivity index (χ3n) is 3.31. The van der Waals surface area contributed by atoms with E-state index in [1.54, 1.807) is 6.26 Å². The van der Waals surface area contributed by atoms with Crippen molar-refractivity contribution in [2.75, 3.05) is 19.6 Å². The van der Waals surface area contributed by atoms with E-state index in [1.165, 1.54) is 37.9 Å². The molecule has 0 aromatic carbocycles. The van der Waals surface area contributed by atoms with E-state index in [0.29, 0.717) is 6.04 Å². The number of likely N-dealkylation sites (tertiary alicyclic amines) is 1. The Morgan fingerprint density at radius 1 is 1.41 bits per heavy atom. The van der Waals surface area contributed by atoms with E-state index in [1.807, 2.05) is 6.07 Å². The molecule has 0 aliphatic carbocycles. The van der Waals surface area contributed by atoms with Crippen LogP contribution in [0.25, 0.3) is 0 Å². The molecule has 1 aliphatic heterocycles. The number of nitrogens with zero attached hydrogens (tertiary/aromatic N) is 1. The van der Waals surface area contributed by atoms with Gasteiger partial charge in [0.25, 0.3) is 0 Å². The molecule has 1 saturated heterocycles. The van der Waals surface area contributed by atoms with Gasteiger partial charge in [0.05, 0.1) is 6.26 Å². The van der Waals surface area contributed by atoms with Crippen LogP contribution in [0.15, 0.2) is 21.4 Å². The van der Waals surface area contributed by atoms with Gasteiger partial charge in [0.1, 0.15) is 0 Å². The number of halogens is 1. The molecule has 1 N–H and O–H groups in total. The standard InChI is InChI=1S/C13H21BrN2O/c1-11(10-16-6-3-2-4-7-16)15-9-12-5-8-17-13(12)14/h5,8,11,15H,2-4,6-7,9-10H2,1H3. The quantitative estimate of drug-likeness (QED) is 0.906. The smallest absolute Gasteiger partial charge is 0.173 e. The number of hydrogen-bond acceptors (Lipinski definition) is 3. The van der Waals surface area contributed by atoms with Crippen molar-refractivity contribution in [3.63, 3.8) is 0 Å². The number of nitrogens with one attached hydrogen (secondary N) is 1. The van der Waals surface area contributed by atoms with Crippen LogP contribution < -0.4 is 5.32 Å². The van der Waals surface area contributed by atoms with Crippen molar-refractivity contribution in [2.24, 2.45) is 0 Å². The molecule has 0 radical (unpaired) electrons. The maximum absolute atomic E-state index is 5.21. The summed E-state index contributed by atoms with van der Waals surface area (Å²) in [6.45, 7) is 6.80. The number of hydrogen-bond donors (Lipinski definition) is 1. The SMILES string of the molecule is CC(CN1CCCCC1)NCc1ccoc1Br. The van der Waals surface area contributed by atoms with E-state index >= 15 is 0 Å². The molecule has 0 saturated carbocycles. The van der Waals surface area contributed by atoms with E-state index in [4.69, 9.17) is 4.42 Å². The van der Waals surface area contributed by atoms with Gasteiger partial charge in [-0.1, -0.05) is 6.42 Å². The van der Waals surface area contributed by atoms with Gasteiger partial charge < -0.3 is 14.6 Å². The molecule has 0 bridgehead atoms. The molecule has 96 valence electrons. The van der Waals surface area contributed by atoms with Crippen molar-refractivity contribution >= 4 is 15.9 Å². The molecule has 4 heteroatoms. The monoisotopic (exact) mass is 300 g/mol. The number of rotatable bonds is 5. The predicted octanol–water partition coefficient (Wildman–Crippen LogP) is 3.01. The van der Waals surface area contributed by atoms with Crippen LogP contribution in [0, 0.1) is 0 Å². The Morgan fingerprint density at radius 3 is 2.82 bits per heavy atom. The maximum Gasteiger partial charge on any atom is 0.173 e. The van der Waals surface area contributed by atoms with Crippen LogP contribution >= 0.6 is 15.9 Å². The highest BCUT2D eigenvalue weighted by Gasteiger charge is 2.13. The number of furan rings is 1. The summed E-state index contributed by atoms with van der Waals surface area (Å²) < 4.78 is 6.06. The molecular weight excluding hydrogens is 280 g/mol. The molecule has 2 rings (SSSR count). The maximum atomic E-state index is 5.21. The van der Waals surface area contributed by atoms with Crippen molar-refractivity contribution in [1.29, 1.82) is 0 Å². The van der Waals surface area contributed by atoms with Gasteiger partial charge in [0, 0.05) is 24.7 Å². The third kappa shape index (κ3) is 4.12. The average molecular weight is 301 g/mol. The van der Waals surface area contributed by atoms with Gasteiger partial charge in [-0.15, -0.1) is 0 Å². The minimum atomic E-state index is 0.523. The van der Waals surface area contributed by atoms with Gasteiger partial charge in [0.15, 0.2) is 4.67 Å². The van der Waals surface area contributed by atoms with E-state index in [0.717, 1.165) is 17.8 Å². The Morgan fingerprint density at radius 2 is 2.18 bits per heavy atom. The van der Waals surface area contributed by atoms with Crippen molar-refractivity contribution in [2.45, 2.75) is 38.8 Å². The third-order valence-corrected chi connectivity index (χ3v) is 4.01. The molecule has 3 nitrogen and oxygen atoms in total. The zero-order chi connectivity index (χ0) is 12.1. The van der Waals surface area contributed by atoms with Gasteiger partial charge in [-0.3, -0.25) is 0 Å². The van der Waals surface area contributed by atoms with E-state index in [-0.39, 0.29) is 0 Å². The van der Waals surface area contributed by atoms with Gasteiger partial charge in [-0.05, 0) is 54.9 Å². The summed E-state index contributed by atoms with van der Waals surface area (Å²) in [6, 6.07) is 2.53. The molecular formula is C13H21BrN2O. The summed E-state index contributed by atoms with van der Waals surface area (Å²) in [5.74, 6) is 0. The molecule has 1 aromatic rings.